The molecule has 2 aromatic rings. The number of allylic oxidation sites excluding steroid dienone is 1. The van der Waals surface area contributed by atoms with Crippen molar-refractivity contribution in [1.82, 2.24) is 9.55 Å². The smallest absolute Gasteiger partial charge is 0.135 e. The normalized spacial score (nSPS) is 10.9. The first kappa shape index (κ1) is 10.5. The summed E-state index contributed by atoms with van der Waals surface area (Å²) in [6.07, 6.45) is 0. The van der Waals surface area contributed by atoms with E-state index in [9.17, 15) is 0 Å². The predicted molar refractivity (Wildman–Crippen MR) is 65.4 cm³/mol. The average Bonchev–Trinajstić information content (AvgIpc) is 2.46. The average molecular weight is 241 g/mol. The van der Waals surface area contributed by atoms with Gasteiger partial charge in [0, 0.05) is 7.05 Å². The molecule has 0 aliphatic carbocycles. The number of aromatic nitrogens is 2. The molecule has 0 fully saturated rings. The molecule has 1 heterocycles. The Kier molecular flexibility index (Phi) is 2.49. The molecule has 0 radical (unpaired) electrons. The van der Waals surface area contributed by atoms with E-state index in [4.69, 9.17) is 23.2 Å². The summed E-state index contributed by atoms with van der Waals surface area (Å²) in [6.45, 7) is 5.80. The van der Waals surface area contributed by atoms with Crippen molar-refractivity contribution < 1.29 is 0 Å². The van der Waals surface area contributed by atoms with Gasteiger partial charge in [0.1, 0.15) is 5.82 Å². The minimum atomic E-state index is 0.524. The molecule has 0 amide bonds. The number of fused-ring (bicyclic) bond motifs is 1. The van der Waals surface area contributed by atoms with E-state index in [0.29, 0.717) is 10.0 Å². The van der Waals surface area contributed by atoms with E-state index in [2.05, 4.69) is 11.6 Å². The molecule has 2 rings (SSSR count). The summed E-state index contributed by atoms with van der Waals surface area (Å²) in [4.78, 5) is 4.43. The first-order valence-electron chi connectivity index (χ1n) is 4.48. The van der Waals surface area contributed by atoms with Crippen LogP contribution in [0.3, 0.4) is 0 Å². The van der Waals surface area contributed by atoms with Gasteiger partial charge in [0.05, 0.1) is 21.1 Å². The Labute approximate surface area is 98.1 Å². The molecule has 0 unspecified atom stereocenters. The van der Waals surface area contributed by atoms with Crippen LogP contribution in [-0.2, 0) is 7.05 Å². The van der Waals surface area contributed by atoms with Gasteiger partial charge in [0.2, 0.25) is 0 Å². The molecule has 4 heteroatoms. The van der Waals surface area contributed by atoms with Gasteiger partial charge in [-0.1, -0.05) is 29.8 Å². The van der Waals surface area contributed by atoms with Crippen LogP contribution >= 0.6 is 23.2 Å². The van der Waals surface area contributed by atoms with Gasteiger partial charge >= 0.3 is 0 Å². The van der Waals surface area contributed by atoms with Crippen molar-refractivity contribution in [3.63, 3.8) is 0 Å². The highest BCUT2D eigenvalue weighted by molar-refractivity contribution is 6.42. The maximum absolute atomic E-state index is 5.95. The Balaban J connectivity index is 2.83. The fourth-order valence-electron chi connectivity index (χ4n) is 1.57. The van der Waals surface area contributed by atoms with Gasteiger partial charge in [0.15, 0.2) is 0 Å². The number of aryl methyl sites for hydroxylation is 1. The summed E-state index contributed by atoms with van der Waals surface area (Å²) >= 11 is 11.9. The molecule has 0 aliphatic rings. The maximum Gasteiger partial charge on any atom is 0.135 e. The van der Waals surface area contributed by atoms with E-state index in [1.165, 1.54) is 0 Å². The van der Waals surface area contributed by atoms with Crippen LogP contribution in [0.15, 0.2) is 18.7 Å². The third-order valence-corrected chi connectivity index (χ3v) is 3.03. The van der Waals surface area contributed by atoms with E-state index in [0.717, 1.165) is 22.4 Å². The third-order valence-electron chi connectivity index (χ3n) is 2.30. The Morgan fingerprint density at radius 1 is 1.33 bits per heavy atom. The molecule has 0 bridgehead atoms. The lowest BCUT2D eigenvalue weighted by Gasteiger charge is -2.00. The fraction of sp³-hybridized carbons (Fsp3) is 0.182. The van der Waals surface area contributed by atoms with Crippen molar-refractivity contribution in [2.75, 3.05) is 0 Å². The second-order valence-electron chi connectivity index (χ2n) is 3.53. The molecule has 1 aromatic heterocycles. The summed E-state index contributed by atoms with van der Waals surface area (Å²) in [5.41, 5.74) is 2.72. The Hall–Kier alpha value is -0.990. The van der Waals surface area contributed by atoms with Crippen molar-refractivity contribution in [1.29, 1.82) is 0 Å². The summed E-state index contributed by atoms with van der Waals surface area (Å²) in [5.74, 6) is 0.850. The molecular formula is C11H10Cl2N2. The molecular weight excluding hydrogens is 231 g/mol. The quantitative estimate of drug-likeness (QED) is 0.739. The van der Waals surface area contributed by atoms with E-state index in [-0.39, 0.29) is 0 Å². The predicted octanol–water partition coefficient (Wildman–Crippen LogP) is 3.91. The molecule has 0 aliphatic heterocycles. The summed E-state index contributed by atoms with van der Waals surface area (Å²) in [6, 6.07) is 3.59. The van der Waals surface area contributed by atoms with Crippen LogP contribution in [0.1, 0.15) is 12.7 Å². The van der Waals surface area contributed by atoms with E-state index >= 15 is 0 Å². The minimum Gasteiger partial charge on any atom is -0.327 e. The molecule has 2 nitrogen and oxygen atoms in total. The highest BCUT2D eigenvalue weighted by atomic mass is 35.5. The zero-order valence-electron chi connectivity index (χ0n) is 8.51. The lowest BCUT2D eigenvalue weighted by Crippen LogP contribution is -1.93. The first-order chi connectivity index (χ1) is 7.00. The number of nitrogens with zero attached hydrogens (tertiary/aromatic N) is 2. The van der Waals surface area contributed by atoms with Crippen LogP contribution in [-0.4, -0.2) is 9.55 Å². The SMILES string of the molecule is C=C(C)c1nc2cc(Cl)c(Cl)cc2n1C. The number of imidazole rings is 1. The summed E-state index contributed by atoms with van der Waals surface area (Å²) < 4.78 is 1.96. The van der Waals surface area contributed by atoms with Crippen LogP contribution in [0.5, 0.6) is 0 Å². The number of halogens is 2. The number of benzene rings is 1. The van der Waals surface area contributed by atoms with Crippen molar-refractivity contribution in [3.05, 3.63) is 34.6 Å². The van der Waals surface area contributed by atoms with Crippen LogP contribution in [0.25, 0.3) is 16.6 Å². The standard InChI is InChI=1S/C11H10Cl2N2/c1-6(2)11-14-9-4-7(12)8(13)5-10(9)15(11)3/h4-5H,1H2,2-3H3. The lowest BCUT2D eigenvalue weighted by molar-refractivity contribution is 0.921. The van der Waals surface area contributed by atoms with Crippen molar-refractivity contribution >= 4 is 39.8 Å². The van der Waals surface area contributed by atoms with E-state index in [1.54, 1.807) is 6.07 Å². The van der Waals surface area contributed by atoms with E-state index in [1.807, 2.05) is 24.6 Å². The second-order valence-corrected chi connectivity index (χ2v) is 4.34. The second kappa shape index (κ2) is 3.54. The number of hydrogen-bond donors (Lipinski definition) is 0. The van der Waals surface area contributed by atoms with Gasteiger partial charge in [-0.15, -0.1) is 0 Å². The fourth-order valence-corrected chi connectivity index (χ4v) is 1.88. The van der Waals surface area contributed by atoms with Gasteiger partial charge in [-0.05, 0) is 24.6 Å². The maximum atomic E-state index is 5.95. The van der Waals surface area contributed by atoms with Crippen LogP contribution in [0.2, 0.25) is 10.0 Å². The third kappa shape index (κ3) is 1.64. The largest absolute Gasteiger partial charge is 0.327 e. The minimum absolute atomic E-state index is 0.524. The zero-order chi connectivity index (χ0) is 11.2. The van der Waals surface area contributed by atoms with Gasteiger partial charge in [0.25, 0.3) is 0 Å². The number of rotatable bonds is 1. The molecule has 0 spiro atoms. The molecule has 0 saturated carbocycles. The van der Waals surface area contributed by atoms with Crippen LogP contribution < -0.4 is 0 Å². The van der Waals surface area contributed by atoms with Crippen LogP contribution in [0.4, 0.5) is 0 Å². The molecule has 78 valence electrons. The van der Waals surface area contributed by atoms with Crippen molar-refractivity contribution in [3.8, 4) is 0 Å². The molecule has 0 N–H and O–H groups in total. The van der Waals surface area contributed by atoms with E-state index < -0.39 is 0 Å². The Morgan fingerprint density at radius 2 is 1.93 bits per heavy atom. The summed E-state index contributed by atoms with van der Waals surface area (Å²) in [5, 5.41) is 1.07. The monoisotopic (exact) mass is 240 g/mol. The van der Waals surface area contributed by atoms with Crippen molar-refractivity contribution in [2.24, 2.45) is 7.05 Å². The van der Waals surface area contributed by atoms with Gasteiger partial charge < -0.3 is 4.57 Å². The van der Waals surface area contributed by atoms with Gasteiger partial charge in [-0.3, -0.25) is 0 Å². The highest BCUT2D eigenvalue weighted by Gasteiger charge is 2.10. The zero-order valence-corrected chi connectivity index (χ0v) is 10.0. The highest BCUT2D eigenvalue weighted by Crippen LogP contribution is 2.28. The molecule has 1 aromatic carbocycles. The molecule has 15 heavy (non-hydrogen) atoms. The molecule has 0 atom stereocenters. The summed E-state index contributed by atoms with van der Waals surface area (Å²) in [7, 11) is 1.93. The van der Waals surface area contributed by atoms with Gasteiger partial charge in [-0.2, -0.15) is 0 Å². The topological polar surface area (TPSA) is 17.8 Å². The lowest BCUT2D eigenvalue weighted by atomic mass is 10.3. The molecule has 0 saturated heterocycles. The first-order valence-corrected chi connectivity index (χ1v) is 5.23. The van der Waals surface area contributed by atoms with Crippen LogP contribution in [0, 0.1) is 0 Å². The Bertz CT molecular complexity index is 555. The number of hydrogen-bond acceptors (Lipinski definition) is 1. The van der Waals surface area contributed by atoms with Gasteiger partial charge in [-0.25, -0.2) is 4.98 Å². The van der Waals surface area contributed by atoms with Crippen molar-refractivity contribution in [2.45, 2.75) is 6.92 Å². The Morgan fingerprint density at radius 3 is 2.53 bits per heavy atom.